The lowest BCUT2D eigenvalue weighted by molar-refractivity contribution is -0.121. The third-order valence-electron chi connectivity index (χ3n) is 5.47. The highest BCUT2D eigenvalue weighted by molar-refractivity contribution is 7.87. The van der Waals surface area contributed by atoms with Crippen molar-refractivity contribution in [2.24, 2.45) is 0 Å². The summed E-state index contributed by atoms with van der Waals surface area (Å²) >= 11 is 0. The maximum Gasteiger partial charge on any atom is 0.282 e. The average molecular weight is 380 g/mol. The van der Waals surface area contributed by atoms with Crippen LogP contribution in [0.1, 0.15) is 47.9 Å². The smallest absolute Gasteiger partial charge is 0.282 e. The van der Waals surface area contributed by atoms with Crippen molar-refractivity contribution >= 4 is 16.1 Å². The summed E-state index contributed by atoms with van der Waals surface area (Å²) < 4.78 is 28.5. The Morgan fingerprint density at radius 3 is 2.27 bits per heavy atom. The minimum absolute atomic E-state index is 0.0821. The van der Waals surface area contributed by atoms with Gasteiger partial charge in [-0.1, -0.05) is 30.5 Å². The van der Waals surface area contributed by atoms with E-state index in [9.17, 15) is 13.2 Å². The van der Waals surface area contributed by atoms with Gasteiger partial charge in [0.15, 0.2) is 0 Å². The van der Waals surface area contributed by atoms with Crippen LogP contribution in [0.15, 0.2) is 12.1 Å². The van der Waals surface area contributed by atoms with Crippen molar-refractivity contribution in [3.05, 3.63) is 34.4 Å². The maximum atomic E-state index is 12.8. The first-order chi connectivity index (χ1) is 12.3. The van der Waals surface area contributed by atoms with Crippen molar-refractivity contribution in [3.8, 4) is 0 Å². The molecule has 1 heterocycles. The van der Waals surface area contributed by atoms with Crippen molar-refractivity contribution < 1.29 is 13.2 Å². The summed E-state index contributed by atoms with van der Waals surface area (Å²) in [5.74, 6) is -0.190. The van der Waals surface area contributed by atoms with E-state index in [1.807, 2.05) is 20.8 Å². The Kier molecular flexibility index (Phi) is 5.69. The lowest BCUT2D eigenvalue weighted by atomic mass is 10.00. The molecule has 1 aliphatic carbocycles. The van der Waals surface area contributed by atoms with E-state index in [1.54, 1.807) is 0 Å². The van der Waals surface area contributed by atoms with E-state index in [-0.39, 0.29) is 18.5 Å². The molecule has 6 nitrogen and oxygen atoms in total. The number of amides is 1. The van der Waals surface area contributed by atoms with Crippen LogP contribution in [0.25, 0.3) is 0 Å². The predicted molar refractivity (Wildman–Crippen MR) is 102 cm³/mol. The van der Waals surface area contributed by atoms with Crippen molar-refractivity contribution in [3.63, 3.8) is 0 Å². The molecule has 144 valence electrons. The number of carbonyl (C=O) groups is 1. The third-order valence-corrected chi connectivity index (χ3v) is 7.39. The Morgan fingerprint density at radius 1 is 1.08 bits per heavy atom. The highest BCUT2D eigenvalue weighted by Crippen LogP contribution is 2.24. The molecule has 0 bridgehead atoms. The lowest BCUT2D eigenvalue weighted by Crippen LogP contribution is -2.43. The molecular formula is C19H29N3O3S. The highest BCUT2D eigenvalue weighted by atomic mass is 32.2. The van der Waals surface area contributed by atoms with E-state index in [0.717, 1.165) is 42.4 Å². The monoisotopic (exact) mass is 379 g/mol. The summed E-state index contributed by atoms with van der Waals surface area (Å²) in [4.78, 5) is 12.2. The van der Waals surface area contributed by atoms with E-state index in [4.69, 9.17) is 0 Å². The summed E-state index contributed by atoms with van der Waals surface area (Å²) in [5, 5.41) is 2.97. The predicted octanol–water partition coefficient (Wildman–Crippen LogP) is 2.03. The summed E-state index contributed by atoms with van der Waals surface area (Å²) in [6.45, 7) is 7.15. The molecule has 2 fully saturated rings. The van der Waals surface area contributed by atoms with Crippen LogP contribution in [0, 0.1) is 20.8 Å². The van der Waals surface area contributed by atoms with Gasteiger partial charge >= 0.3 is 0 Å². The first-order valence-electron chi connectivity index (χ1n) is 9.38. The minimum Gasteiger partial charge on any atom is -0.352 e. The molecule has 2 aliphatic rings. The molecule has 0 radical (unpaired) electrons. The third kappa shape index (κ3) is 4.10. The molecule has 0 spiro atoms. The SMILES string of the molecule is Cc1cc(C)c(CN2CCN(CC(=O)NC3CCCC3)S2(=O)=O)c(C)c1. The number of hydrogen-bond acceptors (Lipinski definition) is 3. The molecule has 1 N–H and O–H groups in total. The van der Waals surface area contributed by atoms with Crippen LogP contribution in [0.3, 0.4) is 0 Å². The number of nitrogens with one attached hydrogen (secondary N) is 1. The summed E-state index contributed by atoms with van der Waals surface area (Å²) in [5.41, 5.74) is 4.44. The van der Waals surface area contributed by atoms with Crippen molar-refractivity contribution in [1.29, 1.82) is 0 Å². The summed E-state index contributed by atoms with van der Waals surface area (Å²) in [6.07, 6.45) is 4.26. The topological polar surface area (TPSA) is 69.7 Å². The first-order valence-corrected chi connectivity index (χ1v) is 10.8. The van der Waals surface area contributed by atoms with Crippen LogP contribution >= 0.6 is 0 Å². The van der Waals surface area contributed by atoms with Gasteiger partial charge in [-0.25, -0.2) is 0 Å². The Balaban J connectivity index is 1.65. The molecule has 0 unspecified atom stereocenters. The van der Waals surface area contributed by atoms with Gasteiger partial charge < -0.3 is 5.32 Å². The average Bonchev–Trinajstić information content (AvgIpc) is 3.13. The lowest BCUT2D eigenvalue weighted by Gasteiger charge is -2.21. The molecular weight excluding hydrogens is 350 g/mol. The molecule has 1 saturated carbocycles. The number of nitrogens with zero attached hydrogens (tertiary/aromatic N) is 2. The van der Waals surface area contributed by atoms with E-state index in [0.29, 0.717) is 19.6 Å². The number of benzene rings is 1. The normalized spacial score (nSPS) is 21.3. The second-order valence-corrected chi connectivity index (χ2v) is 9.53. The molecule has 1 amide bonds. The number of hydrogen-bond donors (Lipinski definition) is 1. The first kappa shape index (κ1) is 19.3. The largest absolute Gasteiger partial charge is 0.352 e. The standard InChI is InChI=1S/C19H29N3O3S/c1-14-10-15(2)18(16(3)11-14)12-21-8-9-22(26(21,24)25)13-19(23)20-17-6-4-5-7-17/h10-11,17H,4-9,12-13H2,1-3H3,(H,20,23). The Morgan fingerprint density at radius 2 is 1.65 bits per heavy atom. The Hall–Kier alpha value is -1.44. The molecule has 26 heavy (non-hydrogen) atoms. The molecule has 0 aromatic heterocycles. The van der Waals surface area contributed by atoms with Gasteiger partial charge in [0.1, 0.15) is 0 Å². The molecule has 7 heteroatoms. The fourth-order valence-corrected chi connectivity index (χ4v) is 5.60. The molecule has 1 aliphatic heterocycles. The van der Waals surface area contributed by atoms with Crippen LogP contribution < -0.4 is 5.32 Å². The molecule has 1 aromatic rings. The fourth-order valence-electron chi connectivity index (χ4n) is 4.08. The Bertz CT molecular complexity index is 762. The van der Waals surface area contributed by atoms with E-state index < -0.39 is 10.2 Å². The van der Waals surface area contributed by atoms with Crippen LogP contribution in [-0.2, 0) is 21.5 Å². The molecule has 0 atom stereocenters. The van der Waals surface area contributed by atoms with Crippen LogP contribution in [0.4, 0.5) is 0 Å². The zero-order valence-corrected chi connectivity index (χ0v) is 16.7. The fraction of sp³-hybridized carbons (Fsp3) is 0.632. The van der Waals surface area contributed by atoms with Gasteiger partial charge in [-0.2, -0.15) is 17.0 Å². The van der Waals surface area contributed by atoms with E-state index in [1.165, 1.54) is 14.2 Å². The van der Waals surface area contributed by atoms with Gasteiger partial charge in [0, 0.05) is 25.7 Å². The van der Waals surface area contributed by atoms with E-state index in [2.05, 4.69) is 17.4 Å². The minimum atomic E-state index is -3.59. The second kappa shape index (κ2) is 7.66. The van der Waals surface area contributed by atoms with Crippen LogP contribution in [0.5, 0.6) is 0 Å². The zero-order chi connectivity index (χ0) is 18.9. The quantitative estimate of drug-likeness (QED) is 0.851. The second-order valence-electron chi connectivity index (χ2n) is 7.60. The molecule has 1 aromatic carbocycles. The van der Waals surface area contributed by atoms with E-state index >= 15 is 0 Å². The highest BCUT2D eigenvalue weighted by Gasteiger charge is 2.38. The van der Waals surface area contributed by atoms with Crippen molar-refractivity contribution in [1.82, 2.24) is 13.9 Å². The van der Waals surface area contributed by atoms with Gasteiger partial charge in [-0.3, -0.25) is 4.79 Å². The van der Waals surface area contributed by atoms with Crippen LogP contribution in [-0.4, -0.2) is 48.6 Å². The molecule has 1 saturated heterocycles. The van der Waals surface area contributed by atoms with Crippen molar-refractivity contribution in [2.75, 3.05) is 19.6 Å². The summed E-state index contributed by atoms with van der Waals surface area (Å²) in [7, 11) is -3.59. The Labute approximate surface area is 156 Å². The van der Waals surface area contributed by atoms with Crippen molar-refractivity contribution in [2.45, 2.75) is 59.0 Å². The number of rotatable bonds is 5. The van der Waals surface area contributed by atoms with Gasteiger partial charge in [-0.05, 0) is 50.3 Å². The van der Waals surface area contributed by atoms with Gasteiger partial charge in [0.05, 0.1) is 6.54 Å². The zero-order valence-electron chi connectivity index (χ0n) is 15.9. The van der Waals surface area contributed by atoms with Gasteiger partial charge in [-0.15, -0.1) is 0 Å². The van der Waals surface area contributed by atoms with Gasteiger partial charge in [0.25, 0.3) is 10.2 Å². The van der Waals surface area contributed by atoms with Crippen LogP contribution in [0.2, 0.25) is 0 Å². The number of aryl methyl sites for hydroxylation is 3. The number of carbonyl (C=O) groups excluding carboxylic acids is 1. The molecule has 3 rings (SSSR count). The summed E-state index contributed by atoms with van der Waals surface area (Å²) in [6, 6.07) is 4.37. The van der Waals surface area contributed by atoms with Gasteiger partial charge in [0.2, 0.25) is 5.91 Å². The maximum absolute atomic E-state index is 12.8.